The molecule has 1 amide bonds. The van der Waals surface area contributed by atoms with Crippen LogP contribution in [0.4, 0.5) is 0 Å². The Labute approximate surface area is 130 Å². The van der Waals surface area contributed by atoms with Crippen LogP contribution in [0.25, 0.3) is 0 Å². The van der Waals surface area contributed by atoms with Crippen LogP contribution >= 0.6 is 27.3 Å². The molecule has 1 fully saturated rings. The molecule has 0 bridgehead atoms. The number of benzene rings is 1. The topological polar surface area (TPSA) is 40.5 Å². The number of carbonyl (C=O) groups excluding carboxylic acids is 1. The standard InChI is InChI=1S/C15H14BrNO2S/c16-13-6-3-10(8-14(13)18)15(19)17(11-4-5-11)9-12-2-1-7-20-12/h1-3,6-8,11,18H,4-5,9H2. The number of hydrogen-bond donors (Lipinski definition) is 1. The third-order valence-corrected chi connectivity index (χ3v) is 4.88. The van der Waals surface area contributed by atoms with Crippen molar-refractivity contribution in [3.05, 3.63) is 50.6 Å². The Balaban J connectivity index is 1.83. The largest absolute Gasteiger partial charge is 0.507 e. The summed E-state index contributed by atoms with van der Waals surface area (Å²) < 4.78 is 0.602. The molecule has 1 aliphatic carbocycles. The van der Waals surface area contributed by atoms with Gasteiger partial charge in [-0.05, 0) is 58.4 Å². The van der Waals surface area contributed by atoms with Crippen molar-refractivity contribution in [2.45, 2.75) is 25.4 Å². The molecule has 0 saturated heterocycles. The number of nitrogens with zero attached hydrogens (tertiary/aromatic N) is 1. The van der Waals surface area contributed by atoms with Gasteiger partial charge in [0, 0.05) is 16.5 Å². The van der Waals surface area contributed by atoms with Gasteiger partial charge in [0.05, 0.1) is 11.0 Å². The van der Waals surface area contributed by atoms with E-state index in [0.717, 1.165) is 12.8 Å². The summed E-state index contributed by atoms with van der Waals surface area (Å²) in [5.41, 5.74) is 0.536. The first-order valence-corrected chi connectivity index (χ1v) is 8.14. The Bertz CT molecular complexity index is 623. The maximum Gasteiger partial charge on any atom is 0.254 e. The van der Waals surface area contributed by atoms with Gasteiger partial charge in [-0.25, -0.2) is 0 Å². The fourth-order valence-electron chi connectivity index (χ4n) is 2.13. The molecule has 2 aromatic rings. The van der Waals surface area contributed by atoms with E-state index in [1.807, 2.05) is 22.4 Å². The molecule has 104 valence electrons. The van der Waals surface area contributed by atoms with Crippen LogP contribution in [0.1, 0.15) is 28.1 Å². The van der Waals surface area contributed by atoms with E-state index in [1.165, 1.54) is 10.9 Å². The Morgan fingerprint density at radius 1 is 1.40 bits per heavy atom. The Morgan fingerprint density at radius 2 is 2.20 bits per heavy atom. The summed E-state index contributed by atoms with van der Waals surface area (Å²) in [6.07, 6.45) is 2.14. The van der Waals surface area contributed by atoms with Crippen molar-refractivity contribution in [1.82, 2.24) is 4.90 Å². The SMILES string of the molecule is O=C(c1ccc(Br)c(O)c1)N(Cc1cccs1)C1CC1. The van der Waals surface area contributed by atoms with Gasteiger partial charge in [-0.3, -0.25) is 4.79 Å². The molecule has 0 spiro atoms. The average molecular weight is 352 g/mol. The fourth-order valence-corrected chi connectivity index (χ4v) is 3.08. The van der Waals surface area contributed by atoms with E-state index in [1.54, 1.807) is 23.5 Å². The second-order valence-electron chi connectivity index (χ2n) is 4.91. The van der Waals surface area contributed by atoms with E-state index in [9.17, 15) is 9.90 Å². The lowest BCUT2D eigenvalue weighted by molar-refractivity contribution is 0.0731. The van der Waals surface area contributed by atoms with E-state index >= 15 is 0 Å². The zero-order valence-electron chi connectivity index (χ0n) is 10.8. The highest BCUT2D eigenvalue weighted by atomic mass is 79.9. The molecule has 1 N–H and O–H groups in total. The second kappa shape index (κ2) is 5.58. The van der Waals surface area contributed by atoms with Crippen LogP contribution in [0, 0.1) is 0 Å². The van der Waals surface area contributed by atoms with Gasteiger partial charge >= 0.3 is 0 Å². The Hall–Kier alpha value is -1.33. The molecule has 1 aromatic carbocycles. The minimum Gasteiger partial charge on any atom is -0.507 e. The van der Waals surface area contributed by atoms with E-state index in [-0.39, 0.29) is 11.7 Å². The predicted molar refractivity (Wildman–Crippen MR) is 83.0 cm³/mol. The second-order valence-corrected chi connectivity index (χ2v) is 6.80. The molecular formula is C15H14BrNO2S. The van der Waals surface area contributed by atoms with Gasteiger partial charge in [0.15, 0.2) is 0 Å². The third-order valence-electron chi connectivity index (χ3n) is 3.35. The number of carbonyl (C=O) groups is 1. The highest BCUT2D eigenvalue weighted by Gasteiger charge is 2.33. The van der Waals surface area contributed by atoms with Crippen LogP contribution in [0.15, 0.2) is 40.2 Å². The highest BCUT2D eigenvalue weighted by Crippen LogP contribution is 2.32. The first kappa shape index (κ1) is 13.6. The van der Waals surface area contributed by atoms with Crippen molar-refractivity contribution in [3.63, 3.8) is 0 Å². The maximum absolute atomic E-state index is 12.6. The molecular weight excluding hydrogens is 338 g/mol. The first-order valence-electron chi connectivity index (χ1n) is 6.47. The monoisotopic (exact) mass is 351 g/mol. The summed E-state index contributed by atoms with van der Waals surface area (Å²) in [6.45, 7) is 0.651. The van der Waals surface area contributed by atoms with Crippen LogP contribution in [0.3, 0.4) is 0 Å². The van der Waals surface area contributed by atoms with Gasteiger partial charge in [0.25, 0.3) is 5.91 Å². The molecule has 0 unspecified atom stereocenters. The number of thiophene rings is 1. The summed E-state index contributed by atoms with van der Waals surface area (Å²) in [7, 11) is 0. The van der Waals surface area contributed by atoms with Gasteiger partial charge in [0.1, 0.15) is 5.75 Å². The molecule has 0 atom stereocenters. The Kier molecular flexibility index (Phi) is 3.81. The molecule has 0 aliphatic heterocycles. The summed E-state index contributed by atoms with van der Waals surface area (Å²) in [4.78, 5) is 15.7. The van der Waals surface area contributed by atoms with Gasteiger partial charge in [0.2, 0.25) is 0 Å². The number of amides is 1. The van der Waals surface area contributed by atoms with Crippen molar-refractivity contribution in [3.8, 4) is 5.75 Å². The molecule has 20 heavy (non-hydrogen) atoms. The first-order chi connectivity index (χ1) is 9.65. The average Bonchev–Trinajstić information content (AvgIpc) is 3.15. The normalized spacial score (nSPS) is 14.2. The lowest BCUT2D eigenvalue weighted by Gasteiger charge is -2.22. The Morgan fingerprint density at radius 3 is 2.80 bits per heavy atom. The smallest absolute Gasteiger partial charge is 0.254 e. The lowest BCUT2D eigenvalue weighted by Crippen LogP contribution is -2.32. The third kappa shape index (κ3) is 2.88. The van der Waals surface area contributed by atoms with Crippen LogP contribution in [0.2, 0.25) is 0 Å². The molecule has 0 radical (unpaired) electrons. The van der Waals surface area contributed by atoms with Gasteiger partial charge < -0.3 is 10.0 Å². The number of hydrogen-bond acceptors (Lipinski definition) is 3. The molecule has 1 heterocycles. The minimum absolute atomic E-state index is 0.0105. The molecule has 3 nitrogen and oxygen atoms in total. The van der Waals surface area contributed by atoms with E-state index in [2.05, 4.69) is 15.9 Å². The quantitative estimate of drug-likeness (QED) is 0.903. The van der Waals surface area contributed by atoms with Crippen molar-refractivity contribution >= 4 is 33.2 Å². The lowest BCUT2D eigenvalue weighted by atomic mass is 10.2. The number of rotatable bonds is 4. The molecule has 1 aliphatic rings. The molecule has 1 aromatic heterocycles. The van der Waals surface area contributed by atoms with Gasteiger partial charge in [-0.2, -0.15) is 0 Å². The van der Waals surface area contributed by atoms with Crippen LogP contribution in [0.5, 0.6) is 5.75 Å². The predicted octanol–water partition coefficient (Wildman–Crippen LogP) is 4.02. The van der Waals surface area contributed by atoms with Crippen molar-refractivity contribution < 1.29 is 9.90 Å². The van der Waals surface area contributed by atoms with Gasteiger partial charge in [-0.1, -0.05) is 6.07 Å². The molecule has 5 heteroatoms. The summed E-state index contributed by atoms with van der Waals surface area (Å²) in [6, 6.07) is 9.37. The van der Waals surface area contributed by atoms with Crippen molar-refractivity contribution in [1.29, 1.82) is 0 Å². The summed E-state index contributed by atoms with van der Waals surface area (Å²) in [5, 5.41) is 11.8. The number of phenols is 1. The van der Waals surface area contributed by atoms with E-state index < -0.39 is 0 Å². The summed E-state index contributed by atoms with van der Waals surface area (Å²) >= 11 is 4.90. The van der Waals surface area contributed by atoms with Gasteiger partial charge in [-0.15, -0.1) is 11.3 Å². The van der Waals surface area contributed by atoms with Crippen LogP contribution in [-0.4, -0.2) is 22.0 Å². The van der Waals surface area contributed by atoms with Crippen molar-refractivity contribution in [2.24, 2.45) is 0 Å². The fraction of sp³-hybridized carbons (Fsp3) is 0.267. The van der Waals surface area contributed by atoms with Crippen LogP contribution < -0.4 is 0 Å². The highest BCUT2D eigenvalue weighted by molar-refractivity contribution is 9.10. The zero-order valence-corrected chi connectivity index (χ0v) is 13.2. The zero-order chi connectivity index (χ0) is 14.1. The van der Waals surface area contributed by atoms with E-state index in [0.29, 0.717) is 22.6 Å². The van der Waals surface area contributed by atoms with Crippen LogP contribution in [-0.2, 0) is 6.54 Å². The number of phenolic OH excluding ortho intramolecular Hbond substituents is 1. The molecule has 3 rings (SSSR count). The molecule has 1 saturated carbocycles. The minimum atomic E-state index is -0.0105. The summed E-state index contributed by atoms with van der Waals surface area (Å²) in [5.74, 6) is 0.0893. The number of halogens is 1. The maximum atomic E-state index is 12.6. The van der Waals surface area contributed by atoms with Crippen molar-refractivity contribution in [2.75, 3.05) is 0 Å². The van der Waals surface area contributed by atoms with E-state index in [4.69, 9.17) is 0 Å². The number of aromatic hydroxyl groups is 1.